The Morgan fingerprint density at radius 2 is 2.11 bits per heavy atom. The number of nitrogens with zero attached hydrogens (tertiary/aromatic N) is 4. The van der Waals surface area contributed by atoms with Crippen LogP contribution in [0.1, 0.15) is 5.69 Å². The molecule has 0 amide bonds. The molecule has 0 fully saturated rings. The predicted molar refractivity (Wildman–Crippen MR) is 59.9 cm³/mol. The van der Waals surface area contributed by atoms with E-state index in [1.807, 2.05) is 0 Å². The maximum atomic E-state index is 13.4. The first-order chi connectivity index (χ1) is 9.11. The molecule has 1 aromatic carbocycles. The van der Waals surface area contributed by atoms with Crippen molar-refractivity contribution in [2.45, 2.75) is 0 Å². The van der Waals surface area contributed by atoms with Gasteiger partial charge >= 0.3 is 5.69 Å². The topological polar surface area (TPSA) is 102 Å². The van der Waals surface area contributed by atoms with Gasteiger partial charge in [-0.25, -0.2) is 9.97 Å². The van der Waals surface area contributed by atoms with Crippen LogP contribution in [0.3, 0.4) is 0 Å². The molecule has 2 rings (SSSR count). The van der Waals surface area contributed by atoms with Gasteiger partial charge in [-0.15, -0.1) is 0 Å². The molecule has 19 heavy (non-hydrogen) atoms. The molecule has 1 heterocycles. The molecule has 7 nitrogen and oxygen atoms in total. The fraction of sp³-hybridized carbons (Fsp3) is 0. The lowest BCUT2D eigenvalue weighted by molar-refractivity contribution is -0.387. The molecule has 8 heteroatoms. The monoisotopic (exact) mass is 260 g/mol. The fourth-order valence-corrected chi connectivity index (χ4v) is 1.29. The third-order valence-electron chi connectivity index (χ3n) is 2.10. The number of hydrogen-bond donors (Lipinski definition) is 0. The molecule has 0 bridgehead atoms. The van der Waals surface area contributed by atoms with Crippen molar-refractivity contribution in [1.29, 1.82) is 5.26 Å². The van der Waals surface area contributed by atoms with Crippen LogP contribution in [0.25, 0.3) is 0 Å². The lowest BCUT2D eigenvalue weighted by Crippen LogP contribution is -1.96. The van der Waals surface area contributed by atoms with E-state index in [1.165, 1.54) is 18.5 Å². The summed E-state index contributed by atoms with van der Waals surface area (Å²) in [5, 5.41) is 19.2. The van der Waals surface area contributed by atoms with E-state index in [2.05, 4.69) is 9.97 Å². The van der Waals surface area contributed by atoms with Gasteiger partial charge in [0.1, 0.15) is 11.8 Å². The Labute approximate surface area is 106 Å². The van der Waals surface area contributed by atoms with E-state index in [1.54, 1.807) is 6.07 Å². The normalized spacial score (nSPS) is 9.68. The minimum absolute atomic E-state index is 0.0138. The van der Waals surface area contributed by atoms with Crippen molar-refractivity contribution < 1.29 is 14.1 Å². The van der Waals surface area contributed by atoms with E-state index >= 15 is 0 Å². The summed E-state index contributed by atoms with van der Waals surface area (Å²) >= 11 is 0. The van der Waals surface area contributed by atoms with E-state index in [0.717, 1.165) is 12.1 Å². The first-order valence-corrected chi connectivity index (χ1v) is 4.94. The summed E-state index contributed by atoms with van der Waals surface area (Å²) in [4.78, 5) is 17.1. The van der Waals surface area contributed by atoms with Crippen molar-refractivity contribution in [3.8, 4) is 17.7 Å². The quantitative estimate of drug-likeness (QED) is 0.619. The summed E-state index contributed by atoms with van der Waals surface area (Å²) < 4.78 is 18.5. The minimum Gasteiger partial charge on any atom is -0.436 e. The van der Waals surface area contributed by atoms with Crippen molar-refractivity contribution in [3.05, 3.63) is 52.2 Å². The predicted octanol–water partition coefficient (Wildman–Crippen LogP) is 2.19. The Morgan fingerprint density at radius 3 is 2.74 bits per heavy atom. The number of nitro benzene ring substituents is 1. The van der Waals surface area contributed by atoms with Crippen LogP contribution in [0.4, 0.5) is 10.1 Å². The molecular formula is C11H5FN4O3. The van der Waals surface area contributed by atoms with E-state index in [9.17, 15) is 14.5 Å². The first kappa shape index (κ1) is 12.4. The number of benzene rings is 1. The maximum Gasteiger partial charge on any atom is 0.305 e. The minimum atomic E-state index is -1.04. The van der Waals surface area contributed by atoms with Crippen LogP contribution in [0.2, 0.25) is 0 Å². The molecule has 0 spiro atoms. The molecule has 0 unspecified atom stereocenters. The molecule has 0 aliphatic heterocycles. The largest absolute Gasteiger partial charge is 0.436 e. The highest BCUT2D eigenvalue weighted by molar-refractivity contribution is 5.41. The molecule has 94 valence electrons. The van der Waals surface area contributed by atoms with Crippen LogP contribution in [0.15, 0.2) is 30.6 Å². The zero-order chi connectivity index (χ0) is 13.8. The molecule has 2 aromatic rings. The first-order valence-electron chi connectivity index (χ1n) is 4.94. The number of hydrogen-bond acceptors (Lipinski definition) is 6. The van der Waals surface area contributed by atoms with Gasteiger partial charge in [0.05, 0.1) is 4.92 Å². The highest BCUT2D eigenvalue weighted by Crippen LogP contribution is 2.26. The van der Waals surface area contributed by atoms with E-state index < -0.39 is 16.4 Å². The summed E-state index contributed by atoms with van der Waals surface area (Å²) in [5.41, 5.74) is -0.728. The molecule has 0 N–H and O–H groups in total. The zero-order valence-electron chi connectivity index (χ0n) is 9.28. The second kappa shape index (κ2) is 5.05. The number of aromatic nitrogens is 2. The van der Waals surface area contributed by atoms with Crippen LogP contribution in [0.5, 0.6) is 11.6 Å². The van der Waals surface area contributed by atoms with Crippen molar-refractivity contribution >= 4 is 5.69 Å². The molecular weight excluding hydrogens is 255 g/mol. The van der Waals surface area contributed by atoms with Gasteiger partial charge in [-0.1, -0.05) is 0 Å². The van der Waals surface area contributed by atoms with Crippen LogP contribution < -0.4 is 4.74 Å². The van der Waals surface area contributed by atoms with Gasteiger partial charge in [0, 0.05) is 24.5 Å². The van der Waals surface area contributed by atoms with Gasteiger partial charge in [-0.05, 0) is 6.07 Å². The van der Waals surface area contributed by atoms with Crippen LogP contribution in [-0.2, 0) is 0 Å². The number of halogens is 1. The van der Waals surface area contributed by atoms with E-state index in [0.29, 0.717) is 0 Å². The molecule has 0 aliphatic carbocycles. The summed E-state index contributed by atoms with van der Waals surface area (Å²) in [5.74, 6) is -1.15. The number of nitro groups is 1. The summed E-state index contributed by atoms with van der Waals surface area (Å²) in [6, 6.07) is 4.77. The SMILES string of the molecule is N#Cc1nccnc1Oc1ccc([N+](=O)[O-])c(F)c1. The summed E-state index contributed by atoms with van der Waals surface area (Å²) in [6.45, 7) is 0. The van der Waals surface area contributed by atoms with Crippen molar-refractivity contribution in [1.82, 2.24) is 9.97 Å². The zero-order valence-corrected chi connectivity index (χ0v) is 9.28. The van der Waals surface area contributed by atoms with Crippen LogP contribution in [-0.4, -0.2) is 14.9 Å². The van der Waals surface area contributed by atoms with Gasteiger partial charge in [0.2, 0.25) is 11.5 Å². The van der Waals surface area contributed by atoms with E-state index in [-0.39, 0.29) is 17.3 Å². The number of ether oxygens (including phenoxy) is 1. The highest BCUT2D eigenvalue weighted by Gasteiger charge is 2.15. The maximum absolute atomic E-state index is 13.4. The number of rotatable bonds is 3. The third kappa shape index (κ3) is 2.61. The van der Waals surface area contributed by atoms with Gasteiger partial charge in [0.15, 0.2) is 0 Å². The van der Waals surface area contributed by atoms with Gasteiger partial charge < -0.3 is 4.74 Å². The Hall–Kier alpha value is -3.08. The van der Waals surface area contributed by atoms with Gasteiger partial charge in [-0.3, -0.25) is 10.1 Å². The van der Waals surface area contributed by atoms with Crippen molar-refractivity contribution in [3.63, 3.8) is 0 Å². The average molecular weight is 260 g/mol. The third-order valence-corrected chi connectivity index (χ3v) is 2.10. The van der Waals surface area contributed by atoms with Gasteiger partial charge in [0.25, 0.3) is 5.88 Å². The highest BCUT2D eigenvalue weighted by atomic mass is 19.1. The van der Waals surface area contributed by atoms with E-state index in [4.69, 9.17) is 10.00 Å². The molecule has 0 saturated heterocycles. The second-order valence-corrected chi connectivity index (χ2v) is 3.29. The fourth-order valence-electron chi connectivity index (χ4n) is 1.29. The second-order valence-electron chi connectivity index (χ2n) is 3.29. The van der Waals surface area contributed by atoms with Crippen LogP contribution in [0, 0.1) is 27.3 Å². The molecule has 0 atom stereocenters. The van der Waals surface area contributed by atoms with Crippen LogP contribution >= 0.6 is 0 Å². The standard InChI is InChI=1S/C11H5FN4O3/c12-8-5-7(1-2-10(8)16(17)18)19-11-9(6-13)14-3-4-15-11/h1-5H. The van der Waals surface area contributed by atoms with Gasteiger partial charge in [-0.2, -0.15) is 9.65 Å². The molecule has 1 aromatic heterocycles. The smallest absolute Gasteiger partial charge is 0.305 e. The number of nitriles is 1. The molecule has 0 aliphatic rings. The Morgan fingerprint density at radius 1 is 1.37 bits per heavy atom. The molecule has 0 saturated carbocycles. The lowest BCUT2D eigenvalue weighted by atomic mass is 10.3. The lowest BCUT2D eigenvalue weighted by Gasteiger charge is -2.05. The van der Waals surface area contributed by atoms with Crippen molar-refractivity contribution in [2.75, 3.05) is 0 Å². The summed E-state index contributed by atoms with van der Waals surface area (Å²) in [6.07, 6.45) is 2.61. The average Bonchev–Trinajstić information content (AvgIpc) is 2.39. The Bertz CT molecular complexity index is 684. The Kier molecular flexibility index (Phi) is 3.29. The van der Waals surface area contributed by atoms with Crippen molar-refractivity contribution in [2.24, 2.45) is 0 Å². The Balaban J connectivity index is 2.32. The summed E-state index contributed by atoms with van der Waals surface area (Å²) in [7, 11) is 0. The molecule has 0 radical (unpaired) electrons.